The Kier molecular flexibility index (Phi) is 4.02. The van der Waals surface area contributed by atoms with E-state index in [2.05, 4.69) is 0 Å². The lowest BCUT2D eigenvalue weighted by molar-refractivity contribution is 0.306. The molecule has 0 aliphatic heterocycles. The normalized spacial score (nSPS) is 10.2. The Morgan fingerprint density at radius 2 is 2.05 bits per heavy atom. The maximum absolute atomic E-state index is 13.1. The maximum atomic E-state index is 13.1. The summed E-state index contributed by atoms with van der Waals surface area (Å²) < 4.78 is 18.7. The predicted molar refractivity (Wildman–Crippen MR) is 73.2 cm³/mol. The van der Waals surface area contributed by atoms with Crippen molar-refractivity contribution in [3.8, 4) is 5.75 Å². The van der Waals surface area contributed by atoms with E-state index in [1.54, 1.807) is 30.3 Å². The number of hydrogen-bond donors (Lipinski definition) is 2. The lowest BCUT2D eigenvalue weighted by Crippen LogP contribution is -2.15. The number of hydrogen-bond acceptors (Lipinski definition) is 2. The van der Waals surface area contributed by atoms with Gasteiger partial charge in [-0.3, -0.25) is 5.41 Å². The first kappa shape index (κ1) is 13.4. The Hall–Kier alpha value is -2.07. The third-order valence-corrected chi connectivity index (χ3v) is 2.79. The van der Waals surface area contributed by atoms with E-state index in [1.165, 1.54) is 12.1 Å². The van der Waals surface area contributed by atoms with Gasteiger partial charge in [-0.15, -0.1) is 0 Å². The molecule has 0 heterocycles. The standard InChI is InChI=1S/C14H12ClFN2O/c15-10-2-1-3-12(6-10)19-8-9-4-5-11(16)7-13(9)14(17)18/h1-7H,8H2,(H3,17,18). The first-order valence-electron chi connectivity index (χ1n) is 5.57. The van der Waals surface area contributed by atoms with Crippen LogP contribution in [0.1, 0.15) is 11.1 Å². The van der Waals surface area contributed by atoms with Crippen LogP contribution in [0.3, 0.4) is 0 Å². The van der Waals surface area contributed by atoms with E-state index in [0.717, 1.165) is 0 Å². The zero-order valence-electron chi connectivity index (χ0n) is 9.99. The summed E-state index contributed by atoms with van der Waals surface area (Å²) in [4.78, 5) is 0. The van der Waals surface area contributed by atoms with Crippen LogP contribution in [-0.4, -0.2) is 5.84 Å². The fourth-order valence-electron chi connectivity index (χ4n) is 1.64. The number of nitrogens with one attached hydrogen (secondary N) is 1. The van der Waals surface area contributed by atoms with E-state index in [9.17, 15) is 4.39 Å². The Morgan fingerprint density at radius 3 is 2.74 bits per heavy atom. The van der Waals surface area contributed by atoms with Crippen LogP contribution < -0.4 is 10.5 Å². The Bertz CT molecular complexity index is 616. The number of ether oxygens (including phenoxy) is 1. The van der Waals surface area contributed by atoms with Gasteiger partial charge in [-0.05, 0) is 30.3 Å². The van der Waals surface area contributed by atoms with Crippen LogP contribution in [0.2, 0.25) is 5.02 Å². The van der Waals surface area contributed by atoms with Crippen molar-refractivity contribution in [2.24, 2.45) is 5.73 Å². The van der Waals surface area contributed by atoms with Gasteiger partial charge in [0.1, 0.15) is 24.0 Å². The highest BCUT2D eigenvalue weighted by molar-refractivity contribution is 6.30. The third kappa shape index (κ3) is 3.45. The molecule has 0 aromatic heterocycles. The summed E-state index contributed by atoms with van der Waals surface area (Å²) >= 11 is 5.85. The van der Waals surface area contributed by atoms with Gasteiger partial charge in [0.15, 0.2) is 0 Å². The molecular formula is C14H12ClFN2O. The lowest BCUT2D eigenvalue weighted by atomic mass is 10.1. The molecule has 2 rings (SSSR count). The summed E-state index contributed by atoms with van der Waals surface area (Å²) in [6.45, 7) is 0.190. The molecule has 0 saturated heterocycles. The molecule has 0 aliphatic rings. The number of nitrogens with two attached hydrogens (primary N) is 1. The van der Waals surface area contributed by atoms with Crippen molar-refractivity contribution in [1.82, 2.24) is 0 Å². The lowest BCUT2D eigenvalue weighted by Gasteiger charge is -2.10. The molecule has 0 radical (unpaired) electrons. The molecule has 0 amide bonds. The fourth-order valence-corrected chi connectivity index (χ4v) is 1.82. The van der Waals surface area contributed by atoms with Crippen LogP contribution >= 0.6 is 11.6 Å². The maximum Gasteiger partial charge on any atom is 0.123 e. The quantitative estimate of drug-likeness (QED) is 0.666. The summed E-state index contributed by atoms with van der Waals surface area (Å²) in [5, 5.41) is 8.00. The number of halogens is 2. The second-order valence-corrected chi connectivity index (χ2v) is 4.40. The molecule has 0 aliphatic carbocycles. The Labute approximate surface area is 115 Å². The summed E-state index contributed by atoms with van der Waals surface area (Å²) in [7, 11) is 0. The highest BCUT2D eigenvalue weighted by Crippen LogP contribution is 2.19. The molecular weight excluding hydrogens is 267 g/mol. The Morgan fingerprint density at radius 1 is 1.26 bits per heavy atom. The first-order valence-corrected chi connectivity index (χ1v) is 5.95. The van der Waals surface area contributed by atoms with Crippen molar-refractivity contribution in [2.45, 2.75) is 6.61 Å². The van der Waals surface area contributed by atoms with Gasteiger partial charge in [0.2, 0.25) is 0 Å². The molecule has 19 heavy (non-hydrogen) atoms. The number of benzene rings is 2. The van der Waals surface area contributed by atoms with E-state index in [0.29, 0.717) is 21.9 Å². The van der Waals surface area contributed by atoms with Crippen molar-refractivity contribution in [3.05, 3.63) is 64.4 Å². The molecule has 98 valence electrons. The molecule has 0 atom stereocenters. The molecule has 0 saturated carbocycles. The second-order valence-electron chi connectivity index (χ2n) is 3.96. The first-order chi connectivity index (χ1) is 9.06. The van der Waals surface area contributed by atoms with Crippen LogP contribution in [0.15, 0.2) is 42.5 Å². The largest absolute Gasteiger partial charge is 0.489 e. The minimum absolute atomic E-state index is 0.190. The van der Waals surface area contributed by atoms with E-state index < -0.39 is 5.82 Å². The van der Waals surface area contributed by atoms with Crippen molar-refractivity contribution in [1.29, 1.82) is 5.41 Å². The summed E-state index contributed by atoms with van der Waals surface area (Å²) in [5.74, 6) is -0.0211. The van der Waals surface area contributed by atoms with Crippen molar-refractivity contribution in [3.63, 3.8) is 0 Å². The van der Waals surface area contributed by atoms with Gasteiger partial charge in [-0.2, -0.15) is 0 Å². The zero-order chi connectivity index (χ0) is 13.8. The summed E-state index contributed by atoms with van der Waals surface area (Å²) in [5.41, 5.74) is 6.40. The van der Waals surface area contributed by atoms with Gasteiger partial charge in [0.25, 0.3) is 0 Å². The SMILES string of the molecule is N=C(N)c1cc(F)ccc1COc1cccc(Cl)c1. The van der Waals surface area contributed by atoms with Gasteiger partial charge >= 0.3 is 0 Å². The Balaban J connectivity index is 2.17. The van der Waals surface area contributed by atoms with Crippen molar-refractivity contribution < 1.29 is 9.13 Å². The van der Waals surface area contributed by atoms with Gasteiger partial charge < -0.3 is 10.5 Å². The molecule has 3 N–H and O–H groups in total. The van der Waals surface area contributed by atoms with Crippen LogP contribution in [0, 0.1) is 11.2 Å². The van der Waals surface area contributed by atoms with Gasteiger partial charge in [-0.1, -0.05) is 23.7 Å². The van der Waals surface area contributed by atoms with Gasteiger partial charge in [0.05, 0.1) is 0 Å². The van der Waals surface area contributed by atoms with Crippen LogP contribution in [-0.2, 0) is 6.61 Å². The molecule has 0 unspecified atom stereocenters. The van der Waals surface area contributed by atoms with Crippen LogP contribution in [0.25, 0.3) is 0 Å². The summed E-state index contributed by atoms with van der Waals surface area (Å²) in [6.07, 6.45) is 0. The fraction of sp³-hybridized carbons (Fsp3) is 0.0714. The average molecular weight is 279 g/mol. The topological polar surface area (TPSA) is 59.1 Å². The molecule has 0 spiro atoms. The van der Waals surface area contributed by atoms with E-state index >= 15 is 0 Å². The van der Waals surface area contributed by atoms with E-state index in [1.807, 2.05) is 0 Å². The number of nitrogen functional groups attached to an aromatic ring is 1. The minimum atomic E-state index is -0.434. The van der Waals surface area contributed by atoms with Crippen LogP contribution in [0.4, 0.5) is 4.39 Å². The molecule has 0 bridgehead atoms. The smallest absolute Gasteiger partial charge is 0.123 e. The van der Waals surface area contributed by atoms with Gasteiger partial charge in [-0.25, -0.2) is 4.39 Å². The van der Waals surface area contributed by atoms with E-state index in [4.69, 9.17) is 27.5 Å². The van der Waals surface area contributed by atoms with Gasteiger partial charge in [0, 0.05) is 16.1 Å². The highest BCUT2D eigenvalue weighted by atomic mass is 35.5. The summed E-state index contributed by atoms with van der Waals surface area (Å²) in [6, 6.07) is 11.0. The molecule has 3 nitrogen and oxygen atoms in total. The molecule has 2 aromatic carbocycles. The molecule has 0 fully saturated rings. The number of amidine groups is 1. The van der Waals surface area contributed by atoms with Crippen LogP contribution in [0.5, 0.6) is 5.75 Å². The number of rotatable bonds is 4. The van der Waals surface area contributed by atoms with Crippen molar-refractivity contribution >= 4 is 17.4 Å². The molecule has 2 aromatic rings. The van der Waals surface area contributed by atoms with Crippen molar-refractivity contribution in [2.75, 3.05) is 0 Å². The minimum Gasteiger partial charge on any atom is -0.489 e. The average Bonchev–Trinajstić information content (AvgIpc) is 2.37. The predicted octanol–water partition coefficient (Wildman–Crippen LogP) is 3.34. The van der Waals surface area contributed by atoms with E-state index in [-0.39, 0.29) is 12.4 Å². The second kappa shape index (κ2) is 5.71. The molecule has 5 heteroatoms. The zero-order valence-corrected chi connectivity index (χ0v) is 10.7. The highest BCUT2D eigenvalue weighted by Gasteiger charge is 2.08. The monoisotopic (exact) mass is 278 g/mol. The third-order valence-electron chi connectivity index (χ3n) is 2.55.